The predicted molar refractivity (Wildman–Crippen MR) is 119 cm³/mol. The highest BCUT2D eigenvalue weighted by atomic mass is 16.5. The molecule has 0 unspecified atom stereocenters. The van der Waals surface area contributed by atoms with Gasteiger partial charge in [0, 0.05) is 12.6 Å². The molecule has 0 aliphatic rings. The van der Waals surface area contributed by atoms with Crippen LogP contribution in [0.1, 0.15) is 24.5 Å². The zero-order chi connectivity index (χ0) is 20.3. The molecular formula is C25H28N2O2. The Bertz CT molecular complexity index is 875. The van der Waals surface area contributed by atoms with Crippen molar-refractivity contribution in [3.8, 4) is 11.5 Å². The lowest BCUT2D eigenvalue weighted by Crippen LogP contribution is -2.18. The van der Waals surface area contributed by atoms with Crippen LogP contribution >= 0.6 is 0 Å². The van der Waals surface area contributed by atoms with E-state index in [1.807, 2.05) is 36.4 Å². The molecule has 0 saturated heterocycles. The lowest BCUT2D eigenvalue weighted by Gasteiger charge is -2.09. The minimum absolute atomic E-state index is 0.0834. The van der Waals surface area contributed by atoms with E-state index >= 15 is 0 Å². The molecular weight excluding hydrogens is 360 g/mol. The van der Waals surface area contributed by atoms with Gasteiger partial charge in [-0.05, 0) is 79.9 Å². The Hall–Kier alpha value is -3.11. The number of benzene rings is 3. The third-order valence-corrected chi connectivity index (χ3v) is 4.59. The van der Waals surface area contributed by atoms with Crippen LogP contribution in [0.15, 0.2) is 78.9 Å². The Morgan fingerprint density at radius 3 is 2.03 bits per heavy atom. The van der Waals surface area contributed by atoms with Crippen LogP contribution in [0.5, 0.6) is 11.5 Å². The number of hydrogen-bond acceptors (Lipinski definition) is 3. The molecule has 0 atom stereocenters. The second-order valence-corrected chi connectivity index (χ2v) is 7.04. The number of carbonyl (C=O) groups is 1. The summed E-state index contributed by atoms with van der Waals surface area (Å²) in [6.45, 7) is 3.50. The summed E-state index contributed by atoms with van der Waals surface area (Å²) in [4.78, 5) is 11.1. The Morgan fingerprint density at radius 1 is 0.759 bits per heavy atom. The van der Waals surface area contributed by atoms with Gasteiger partial charge in [0.1, 0.15) is 11.5 Å². The van der Waals surface area contributed by atoms with Gasteiger partial charge in [-0.1, -0.05) is 42.5 Å². The zero-order valence-electron chi connectivity index (χ0n) is 16.9. The van der Waals surface area contributed by atoms with E-state index in [2.05, 4.69) is 53.1 Å². The molecule has 4 nitrogen and oxygen atoms in total. The lowest BCUT2D eigenvalue weighted by atomic mass is 10.1. The number of nitrogens with one attached hydrogen (secondary N) is 2. The van der Waals surface area contributed by atoms with Gasteiger partial charge in [-0.15, -0.1) is 0 Å². The molecule has 4 heteroatoms. The van der Waals surface area contributed by atoms with Gasteiger partial charge >= 0.3 is 0 Å². The monoisotopic (exact) mass is 388 g/mol. The summed E-state index contributed by atoms with van der Waals surface area (Å²) in [6.07, 6.45) is 3.26. The van der Waals surface area contributed by atoms with Crippen LogP contribution in [0.3, 0.4) is 0 Å². The summed E-state index contributed by atoms with van der Waals surface area (Å²) in [5.74, 6) is 1.46. The van der Waals surface area contributed by atoms with Crippen molar-refractivity contribution in [3.05, 3.63) is 90.0 Å². The molecule has 3 rings (SSSR count). The van der Waals surface area contributed by atoms with E-state index in [1.165, 1.54) is 18.1 Å². The molecule has 0 saturated carbocycles. The molecule has 0 aliphatic carbocycles. The average molecular weight is 389 g/mol. The maximum Gasteiger partial charge on any atom is 0.221 e. The first-order valence-corrected chi connectivity index (χ1v) is 10.1. The van der Waals surface area contributed by atoms with Crippen molar-refractivity contribution in [1.82, 2.24) is 5.32 Å². The number of amides is 1. The number of rotatable bonds is 10. The topological polar surface area (TPSA) is 50.4 Å². The number of ether oxygens (including phenoxy) is 1. The first-order chi connectivity index (χ1) is 14.2. The third-order valence-electron chi connectivity index (χ3n) is 4.59. The minimum atomic E-state index is -0.0834. The smallest absolute Gasteiger partial charge is 0.221 e. The molecule has 1 amide bonds. The Kier molecular flexibility index (Phi) is 7.84. The normalized spacial score (nSPS) is 10.5. The van der Waals surface area contributed by atoms with Crippen LogP contribution in [-0.4, -0.2) is 19.0 Å². The van der Waals surface area contributed by atoms with Crippen LogP contribution in [0.4, 0.5) is 5.69 Å². The first-order valence-electron chi connectivity index (χ1n) is 10.1. The Morgan fingerprint density at radius 2 is 1.38 bits per heavy atom. The molecule has 3 aromatic carbocycles. The van der Waals surface area contributed by atoms with Crippen molar-refractivity contribution < 1.29 is 9.53 Å². The van der Waals surface area contributed by atoms with Crippen molar-refractivity contribution in [2.45, 2.75) is 26.2 Å². The molecule has 3 aromatic rings. The molecule has 29 heavy (non-hydrogen) atoms. The van der Waals surface area contributed by atoms with Gasteiger partial charge in [0.15, 0.2) is 0 Å². The summed E-state index contributed by atoms with van der Waals surface area (Å²) in [5, 5.41) is 6.26. The highest BCUT2D eigenvalue weighted by Gasteiger charge is 2.00. The van der Waals surface area contributed by atoms with Gasteiger partial charge in [-0.3, -0.25) is 4.79 Å². The van der Waals surface area contributed by atoms with Crippen LogP contribution in [0.2, 0.25) is 0 Å². The van der Waals surface area contributed by atoms with Gasteiger partial charge < -0.3 is 15.4 Å². The SMILES string of the molecule is CC(=O)Nc1ccc(Oc2ccc(CCNCCCc3ccccc3)cc2)cc1. The van der Waals surface area contributed by atoms with Gasteiger partial charge in [0.05, 0.1) is 0 Å². The maximum atomic E-state index is 11.1. The summed E-state index contributed by atoms with van der Waals surface area (Å²) in [5.41, 5.74) is 3.44. The maximum absolute atomic E-state index is 11.1. The largest absolute Gasteiger partial charge is 0.457 e. The van der Waals surface area contributed by atoms with Crippen molar-refractivity contribution in [2.75, 3.05) is 18.4 Å². The highest BCUT2D eigenvalue weighted by Crippen LogP contribution is 2.23. The highest BCUT2D eigenvalue weighted by molar-refractivity contribution is 5.88. The Labute approximate surface area is 172 Å². The minimum Gasteiger partial charge on any atom is -0.457 e. The molecule has 0 heterocycles. The molecule has 0 spiro atoms. The van der Waals surface area contributed by atoms with Crippen LogP contribution in [-0.2, 0) is 17.6 Å². The van der Waals surface area contributed by atoms with Crippen LogP contribution < -0.4 is 15.4 Å². The lowest BCUT2D eigenvalue weighted by molar-refractivity contribution is -0.114. The number of aryl methyl sites for hydroxylation is 1. The molecule has 0 bridgehead atoms. The number of hydrogen-bond donors (Lipinski definition) is 2. The van der Waals surface area contributed by atoms with Gasteiger partial charge in [-0.25, -0.2) is 0 Å². The van der Waals surface area contributed by atoms with Crippen LogP contribution in [0, 0.1) is 0 Å². The van der Waals surface area contributed by atoms with Crippen molar-refractivity contribution in [3.63, 3.8) is 0 Å². The van der Waals surface area contributed by atoms with Crippen molar-refractivity contribution in [1.29, 1.82) is 0 Å². The molecule has 2 N–H and O–H groups in total. The zero-order valence-corrected chi connectivity index (χ0v) is 16.9. The van der Waals surface area contributed by atoms with Gasteiger partial charge in [-0.2, -0.15) is 0 Å². The molecule has 150 valence electrons. The molecule has 0 aromatic heterocycles. The molecule has 0 aliphatic heterocycles. The number of carbonyl (C=O) groups excluding carboxylic acids is 1. The van der Waals surface area contributed by atoms with Crippen LogP contribution in [0.25, 0.3) is 0 Å². The third kappa shape index (κ3) is 7.43. The standard InChI is InChI=1S/C25H28N2O2/c1-20(28)27-23-11-15-25(16-12-23)29-24-13-9-22(10-14-24)17-19-26-18-5-8-21-6-3-2-4-7-21/h2-4,6-7,9-16,26H,5,8,17-19H2,1H3,(H,27,28). The van der Waals surface area contributed by atoms with E-state index in [4.69, 9.17) is 4.74 Å². The fourth-order valence-electron chi connectivity index (χ4n) is 3.09. The second kappa shape index (κ2) is 11.0. The number of anilines is 1. The second-order valence-electron chi connectivity index (χ2n) is 7.04. The van der Waals surface area contributed by atoms with E-state index in [0.29, 0.717) is 0 Å². The van der Waals surface area contributed by atoms with Crippen molar-refractivity contribution >= 4 is 11.6 Å². The fourth-order valence-corrected chi connectivity index (χ4v) is 3.09. The van der Waals surface area contributed by atoms with Gasteiger partial charge in [0.2, 0.25) is 5.91 Å². The van der Waals surface area contributed by atoms with E-state index in [1.54, 1.807) is 0 Å². The van der Waals surface area contributed by atoms with E-state index in [0.717, 1.165) is 49.5 Å². The summed E-state index contributed by atoms with van der Waals surface area (Å²) >= 11 is 0. The van der Waals surface area contributed by atoms with E-state index in [-0.39, 0.29) is 5.91 Å². The van der Waals surface area contributed by atoms with Crippen molar-refractivity contribution in [2.24, 2.45) is 0 Å². The first kappa shape index (κ1) is 20.6. The Balaban J connectivity index is 1.36. The van der Waals surface area contributed by atoms with E-state index in [9.17, 15) is 4.79 Å². The summed E-state index contributed by atoms with van der Waals surface area (Å²) in [6, 6.07) is 26.1. The quantitative estimate of drug-likeness (QED) is 0.469. The van der Waals surface area contributed by atoms with Gasteiger partial charge in [0.25, 0.3) is 0 Å². The fraction of sp³-hybridized carbons (Fsp3) is 0.240. The average Bonchev–Trinajstić information content (AvgIpc) is 2.73. The predicted octanol–water partition coefficient (Wildman–Crippen LogP) is 5.20. The summed E-state index contributed by atoms with van der Waals surface area (Å²) < 4.78 is 5.86. The molecule has 0 radical (unpaired) electrons. The summed E-state index contributed by atoms with van der Waals surface area (Å²) in [7, 11) is 0. The molecule has 0 fully saturated rings. The van der Waals surface area contributed by atoms with E-state index < -0.39 is 0 Å².